The van der Waals surface area contributed by atoms with Crippen LogP contribution in [0.5, 0.6) is 0 Å². The van der Waals surface area contributed by atoms with E-state index >= 15 is 0 Å². The molecule has 3 aromatic rings. The maximum Gasteiger partial charge on any atom is 0.309 e. The van der Waals surface area contributed by atoms with E-state index in [0.29, 0.717) is 0 Å². The van der Waals surface area contributed by atoms with E-state index in [4.69, 9.17) is 0 Å². The monoisotopic (exact) mass is 304 g/mol. The summed E-state index contributed by atoms with van der Waals surface area (Å²) in [6, 6.07) is 15.9. The summed E-state index contributed by atoms with van der Waals surface area (Å²) in [5.41, 5.74) is 4.91. The minimum atomic E-state index is -0.422. The number of aromatic nitrogens is 2. The fourth-order valence-corrected chi connectivity index (χ4v) is 2.22. The van der Waals surface area contributed by atoms with Crippen molar-refractivity contribution in [3.63, 3.8) is 0 Å². The first-order chi connectivity index (χ1) is 11.1. The van der Waals surface area contributed by atoms with Crippen molar-refractivity contribution in [2.75, 3.05) is 0 Å². The quantitative estimate of drug-likeness (QED) is 0.597. The van der Waals surface area contributed by atoms with Gasteiger partial charge in [-0.25, -0.2) is 15.4 Å². The Morgan fingerprint density at radius 2 is 1.87 bits per heavy atom. The van der Waals surface area contributed by atoms with Crippen molar-refractivity contribution in [2.24, 2.45) is 5.10 Å². The second kappa shape index (κ2) is 6.36. The Bertz CT molecular complexity index is 902. The van der Waals surface area contributed by atoms with Gasteiger partial charge in [-0.3, -0.25) is 4.79 Å². The van der Waals surface area contributed by atoms with Crippen molar-refractivity contribution in [2.45, 2.75) is 13.8 Å². The Hall–Kier alpha value is -3.08. The van der Waals surface area contributed by atoms with Gasteiger partial charge >= 0.3 is 5.91 Å². The third kappa shape index (κ3) is 3.40. The number of rotatable bonds is 3. The molecule has 114 valence electrons. The van der Waals surface area contributed by atoms with Gasteiger partial charge in [-0.1, -0.05) is 36.4 Å². The molecule has 0 saturated heterocycles. The Kier molecular flexibility index (Phi) is 4.10. The second-order valence-corrected chi connectivity index (χ2v) is 5.22. The number of carbonyl (C=O) groups is 1. The van der Waals surface area contributed by atoms with Crippen molar-refractivity contribution in [1.29, 1.82) is 0 Å². The first-order valence-electron chi connectivity index (χ1n) is 7.27. The summed E-state index contributed by atoms with van der Waals surface area (Å²) in [5, 5.41) is 6.44. The zero-order valence-corrected chi connectivity index (χ0v) is 12.9. The normalized spacial score (nSPS) is 11.5. The van der Waals surface area contributed by atoms with E-state index in [2.05, 4.69) is 26.6 Å². The van der Waals surface area contributed by atoms with Crippen LogP contribution in [-0.4, -0.2) is 21.6 Å². The van der Waals surface area contributed by atoms with Crippen LogP contribution in [0.25, 0.3) is 10.8 Å². The van der Waals surface area contributed by atoms with Crippen LogP contribution < -0.4 is 5.43 Å². The van der Waals surface area contributed by atoms with Crippen molar-refractivity contribution >= 4 is 22.4 Å². The summed E-state index contributed by atoms with van der Waals surface area (Å²) in [6.45, 7) is 3.66. The lowest BCUT2D eigenvalue weighted by Crippen LogP contribution is -2.22. The van der Waals surface area contributed by atoms with Crippen molar-refractivity contribution in [3.8, 4) is 0 Å². The van der Waals surface area contributed by atoms with Crippen LogP contribution in [0.1, 0.15) is 28.8 Å². The number of aryl methyl sites for hydroxylation is 1. The predicted octanol–water partition coefficient (Wildman–Crippen LogP) is 3.09. The third-order valence-corrected chi connectivity index (χ3v) is 3.49. The molecule has 3 rings (SSSR count). The van der Waals surface area contributed by atoms with Crippen LogP contribution >= 0.6 is 0 Å². The Balaban J connectivity index is 1.79. The molecule has 5 heteroatoms. The number of carbonyl (C=O) groups excluding carboxylic acids is 1. The molecule has 0 unspecified atom stereocenters. The van der Waals surface area contributed by atoms with Gasteiger partial charge in [-0.05, 0) is 42.3 Å². The highest BCUT2D eigenvalue weighted by Gasteiger charge is 2.08. The number of nitrogens with one attached hydrogen (secondary N) is 1. The van der Waals surface area contributed by atoms with Gasteiger partial charge in [0.05, 0.1) is 5.71 Å². The van der Waals surface area contributed by atoms with Crippen LogP contribution in [0.2, 0.25) is 0 Å². The van der Waals surface area contributed by atoms with Gasteiger partial charge in [-0.2, -0.15) is 5.10 Å². The van der Waals surface area contributed by atoms with Crippen LogP contribution in [0, 0.1) is 6.92 Å². The molecule has 0 spiro atoms. The molecule has 0 aliphatic heterocycles. The van der Waals surface area contributed by atoms with Gasteiger partial charge in [-0.15, -0.1) is 0 Å². The second-order valence-electron chi connectivity index (χ2n) is 5.22. The first kappa shape index (κ1) is 14.8. The number of hydrogen-bond acceptors (Lipinski definition) is 4. The molecule has 23 heavy (non-hydrogen) atoms. The van der Waals surface area contributed by atoms with Gasteiger partial charge in [0.1, 0.15) is 0 Å². The lowest BCUT2D eigenvalue weighted by molar-refractivity contribution is 0.0944. The lowest BCUT2D eigenvalue weighted by Gasteiger charge is -2.04. The van der Waals surface area contributed by atoms with Gasteiger partial charge in [0.2, 0.25) is 5.82 Å². The zero-order chi connectivity index (χ0) is 16.2. The van der Waals surface area contributed by atoms with Crippen LogP contribution in [0.3, 0.4) is 0 Å². The molecular formula is C18H16N4O. The molecule has 1 N–H and O–H groups in total. The topological polar surface area (TPSA) is 67.2 Å². The SMILES string of the molecule is C/C(=N\NC(=O)c1nccc(C)n1)c1ccc2ccccc2c1. The summed E-state index contributed by atoms with van der Waals surface area (Å²) in [4.78, 5) is 20.0. The minimum absolute atomic E-state index is 0.111. The summed E-state index contributed by atoms with van der Waals surface area (Å²) < 4.78 is 0. The molecule has 5 nitrogen and oxygen atoms in total. The van der Waals surface area contributed by atoms with Crippen LogP contribution in [0.4, 0.5) is 0 Å². The number of nitrogens with zero attached hydrogens (tertiary/aromatic N) is 3. The molecule has 0 aliphatic rings. The fraction of sp³-hybridized carbons (Fsp3) is 0.111. The summed E-state index contributed by atoms with van der Waals surface area (Å²) in [5.74, 6) is -0.311. The molecule has 0 fully saturated rings. The van der Waals surface area contributed by atoms with Crippen molar-refractivity contribution in [1.82, 2.24) is 15.4 Å². The number of amides is 1. The van der Waals surface area contributed by atoms with Crippen LogP contribution in [-0.2, 0) is 0 Å². The van der Waals surface area contributed by atoms with Gasteiger partial charge in [0.25, 0.3) is 0 Å². The third-order valence-electron chi connectivity index (χ3n) is 3.49. The molecule has 1 heterocycles. The highest BCUT2D eigenvalue weighted by atomic mass is 16.2. The van der Waals surface area contributed by atoms with E-state index in [1.165, 1.54) is 5.39 Å². The van der Waals surface area contributed by atoms with Gasteiger partial charge < -0.3 is 0 Å². The number of hydrazone groups is 1. The van der Waals surface area contributed by atoms with E-state index in [1.807, 2.05) is 50.2 Å². The maximum absolute atomic E-state index is 12.0. The summed E-state index contributed by atoms with van der Waals surface area (Å²) >= 11 is 0. The molecule has 0 bridgehead atoms. The molecule has 0 atom stereocenters. The molecular weight excluding hydrogens is 288 g/mol. The Morgan fingerprint density at radius 3 is 2.65 bits per heavy atom. The van der Waals surface area contributed by atoms with Crippen molar-refractivity contribution < 1.29 is 4.79 Å². The minimum Gasteiger partial charge on any atom is -0.264 e. The van der Waals surface area contributed by atoms with E-state index in [1.54, 1.807) is 12.3 Å². The van der Waals surface area contributed by atoms with Gasteiger partial charge in [0, 0.05) is 11.9 Å². The molecule has 0 saturated carbocycles. The Labute approximate surface area is 134 Å². The van der Waals surface area contributed by atoms with E-state index in [0.717, 1.165) is 22.4 Å². The smallest absolute Gasteiger partial charge is 0.264 e. The molecule has 2 aromatic carbocycles. The average Bonchev–Trinajstić information content (AvgIpc) is 2.59. The van der Waals surface area contributed by atoms with Crippen molar-refractivity contribution in [3.05, 3.63) is 71.8 Å². The largest absolute Gasteiger partial charge is 0.309 e. The highest BCUT2D eigenvalue weighted by molar-refractivity contribution is 6.02. The Morgan fingerprint density at radius 1 is 1.09 bits per heavy atom. The van der Waals surface area contributed by atoms with Crippen LogP contribution in [0.15, 0.2) is 59.8 Å². The fourth-order valence-electron chi connectivity index (χ4n) is 2.22. The predicted molar refractivity (Wildman–Crippen MR) is 90.4 cm³/mol. The molecule has 0 aliphatic carbocycles. The number of benzene rings is 2. The zero-order valence-electron chi connectivity index (χ0n) is 12.9. The maximum atomic E-state index is 12.0. The highest BCUT2D eigenvalue weighted by Crippen LogP contribution is 2.16. The van der Waals surface area contributed by atoms with E-state index in [-0.39, 0.29) is 5.82 Å². The van der Waals surface area contributed by atoms with E-state index in [9.17, 15) is 4.79 Å². The summed E-state index contributed by atoms with van der Waals surface area (Å²) in [6.07, 6.45) is 1.55. The lowest BCUT2D eigenvalue weighted by atomic mass is 10.0. The molecule has 1 amide bonds. The number of fused-ring (bicyclic) bond motifs is 1. The van der Waals surface area contributed by atoms with Gasteiger partial charge in [0.15, 0.2) is 0 Å². The average molecular weight is 304 g/mol. The molecule has 1 aromatic heterocycles. The summed E-state index contributed by atoms with van der Waals surface area (Å²) in [7, 11) is 0. The van der Waals surface area contributed by atoms with E-state index < -0.39 is 5.91 Å². The molecule has 0 radical (unpaired) electrons. The standard InChI is InChI=1S/C18H16N4O/c1-12-9-10-19-17(20-12)18(23)22-21-13(2)15-8-7-14-5-3-4-6-16(14)11-15/h3-11H,1-2H3,(H,22,23)/b21-13+. The first-order valence-corrected chi connectivity index (χ1v) is 7.27. The number of hydrogen-bond donors (Lipinski definition) is 1.